The fourth-order valence-corrected chi connectivity index (χ4v) is 1.67. The summed E-state index contributed by atoms with van der Waals surface area (Å²) in [5, 5.41) is 4.05. The highest BCUT2D eigenvalue weighted by Crippen LogP contribution is 2.18. The van der Waals surface area contributed by atoms with Crippen LogP contribution in [0.25, 0.3) is 5.52 Å². The molecule has 0 unspecified atom stereocenters. The molecule has 2 aromatic heterocycles. The number of nitrogens with zero attached hydrogens (tertiary/aromatic N) is 4. The Morgan fingerprint density at radius 3 is 2.27 bits per heavy atom. The molecule has 0 aromatic carbocycles. The number of aromatic nitrogens is 4. The molecular formula is C9H14N6. The highest BCUT2D eigenvalue weighted by molar-refractivity contribution is 5.60. The van der Waals surface area contributed by atoms with E-state index in [1.165, 1.54) is 0 Å². The summed E-state index contributed by atoms with van der Waals surface area (Å²) in [6, 6.07) is 0. The normalized spacial score (nSPS) is 11.1. The Morgan fingerprint density at radius 1 is 1.07 bits per heavy atom. The summed E-state index contributed by atoms with van der Waals surface area (Å²) in [5.74, 6) is 0.594. The Labute approximate surface area is 87.3 Å². The van der Waals surface area contributed by atoms with E-state index >= 15 is 0 Å². The van der Waals surface area contributed by atoms with Crippen LogP contribution >= 0.6 is 0 Å². The largest absolute Gasteiger partial charge is 0.368 e. The predicted octanol–water partition coefficient (Wildman–Crippen LogP) is 0.414. The Hall–Kier alpha value is -1.85. The van der Waals surface area contributed by atoms with E-state index < -0.39 is 0 Å². The molecule has 0 radical (unpaired) electrons. The third-order valence-corrected chi connectivity index (χ3v) is 2.35. The molecule has 0 aliphatic rings. The van der Waals surface area contributed by atoms with Crippen LogP contribution in [-0.4, -0.2) is 19.6 Å². The van der Waals surface area contributed by atoms with Gasteiger partial charge in [0.15, 0.2) is 0 Å². The molecule has 15 heavy (non-hydrogen) atoms. The van der Waals surface area contributed by atoms with Gasteiger partial charge in [-0.25, -0.2) is 9.97 Å². The van der Waals surface area contributed by atoms with Gasteiger partial charge in [0.2, 0.25) is 11.9 Å². The van der Waals surface area contributed by atoms with E-state index in [1.54, 1.807) is 4.52 Å². The van der Waals surface area contributed by atoms with Crippen LogP contribution in [0.15, 0.2) is 0 Å². The highest BCUT2D eigenvalue weighted by Gasteiger charge is 2.13. The highest BCUT2D eigenvalue weighted by atomic mass is 15.3. The summed E-state index contributed by atoms with van der Waals surface area (Å²) in [5.41, 5.74) is 14.1. The smallest absolute Gasteiger partial charge is 0.238 e. The van der Waals surface area contributed by atoms with E-state index in [0.717, 1.165) is 29.7 Å². The summed E-state index contributed by atoms with van der Waals surface area (Å²) in [4.78, 5) is 8.43. The van der Waals surface area contributed by atoms with Crippen LogP contribution < -0.4 is 11.5 Å². The van der Waals surface area contributed by atoms with E-state index in [9.17, 15) is 0 Å². The molecule has 0 bridgehead atoms. The molecule has 0 atom stereocenters. The maximum Gasteiger partial charge on any atom is 0.238 e. The van der Waals surface area contributed by atoms with E-state index in [-0.39, 0.29) is 5.95 Å². The molecule has 80 valence electrons. The van der Waals surface area contributed by atoms with Crippen LogP contribution in [0.4, 0.5) is 11.9 Å². The minimum atomic E-state index is 0.228. The van der Waals surface area contributed by atoms with Gasteiger partial charge < -0.3 is 11.5 Å². The van der Waals surface area contributed by atoms with Crippen molar-refractivity contribution in [2.24, 2.45) is 0 Å². The molecule has 2 heterocycles. The van der Waals surface area contributed by atoms with Gasteiger partial charge in [0, 0.05) is 0 Å². The number of rotatable bonds is 2. The summed E-state index contributed by atoms with van der Waals surface area (Å²) in [6.45, 7) is 4.04. The average Bonchev–Trinajstić information content (AvgIpc) is 2.55. The molecule has 0 spiro atoms. The first kappa shape index (κ1) is 9.70. The quantitative estimate of drug-likeness (QED) is 0.742. The number of imidazole rings is 1. The summed E-state index contributed by atoms with van der Waals surface area (Å²) >= 11 is 0. The number of nitrogen functional groups attached to an aromatic ring is 2. The lowest BCUT2D eigenvalue weighted by atomic mass is 10.2. The first-order chi connectivity index (χ1) is 7.17. The number of anilines is 2. The lowest BCUT2D eigenvalue weighted by Gasteiger charge is -2.03. The molecule has 2 rings (SSSR count). The van der Waals surface area contributed by atoms with Gasteiger partial charge in [-0.1, -0.05) is 13.8 Å². The zero-order valence-electron chi connectivity index (χ0n) is 8.86. The van der Waals surface area contributed by atoms with Gasteiger partial charge in [-0.05, 0) is 12.8 Å². The Bertz CT molecular complexity index is 501. The molecule has 0 amide bonds. The summed E-state index contributed by atoms with van der Waals surface area (Å²) < 4.78 is 1.57. The molecule has 0 saturated carbocycles. The zero-order chi connectivity index (χ0) is 11.0. The van der Waals surface area contributed by atoms with Crippen molar-refractivity contribution in [2.75, 3.05) is 11.5 Å². The number of fused-ring (bicyclic) bond motifs is 1. The maximum atomic E-state index is 5.75. The van der Waals surface area contributed by atoms with Crippen LogP contribution in [-0.2, 0) is 12.8 Å². The number of aryl methyl sites for hydroxylation is 2. The van der Waals surface area contributed by atoms with Crippen molar-refractivity contribution in [3.8, 4) is 0 Å². The monoisotopic (exact) mass is 206 g/mol. The van der Waals surface area contributed by atoms with Crippen molar-refractivity contribution in [1.29, 1.82) is 0 Å². The topological polar surface area (TPSA) is 95.1 Å². The first-order valence-corrected chi connectivity index (χ1v) is 4.96. The Kier molecular flexibility index (Phi) is 2.18. The third kappa shape index (κ3) is 1.38. The standard InChI is InChI=1S/C9H14N6/c1-3-5-7-6(4-2)13-9(11)15(7)14-8(10)12-5/h3-4H2,1-2H3,(H2,10,14)(H2,11,13). The van der Waals surface area contributed by atoms with E-state index in [4.69, 9.17) is 11.5 Å². The Balaban J connectivity index is 2.86. The van der Waals surface area contributed by atoms with Gasteiger partial charge in [0.25, 0.3) is 0 Å². The van der Waals surface area contributed by atoms with Crippen molar-refractivity contribution in [1.82, 2.24) is 19.6 Å². The van der Waals surface area contributed by atoms with Gasteiger partial charge in [0.1, 0.15) is 5.52 Å². The first-order valence-electron chi connectivity index (χ1n) is 4.96. The van der Waals surface area contributed by atoms with E-state index in [0.29, 0.717) is 5.95 Å². The minimum absolute atomic E-state index is 0.228. The maximum absolute atomic E-state index is 5.75. The molecule has 0 aliphatic carbocycles. The van der Waals surface area contributed by atoms with Crippen LogP contribution in [0.5, 0.6) is 0 Å². The summed E-state index contributed by atoms with van der Waals surface area (Å²) in [6.07, 6.45) is 1.59. The van der Waals surface area contributed by atoms with Gasteiger partial charge in [-0.3, -0.25) is 0 Å². The molecule has 0 saturated heterocycles. The predicted molar refractivity (Wildman–Crippen MR) is 58.4 cm³/mol. The molecule has 6 heteroatoms. The van der Waals surface area contributed by atoms with Crippen LogP contribution in [0, 0.1) is 0 Å². The van der Waals surface area contributed by atoms with Crippen LogP contribution in [0.2, 0.25) is 0 Å². The molecule has 0 aliphatic heterocycles. The SMILES string of the molecule is CCc1nc(N)nn2c(N)nc(CC)c12. The number of hydrogen-bond donors (Lipinski definition) is 2. The fourth-order valence-electron chi connectivity index (χ4n) is 1.67. The van der Waals surface area contributed by atoms with Gasteiger partial charge in [-0.15, -0.1) is 5.10 Å². The molecule has 4 N–H and O–H groups in total. The van der Waals surface area contributed by atoms with Gasteiger partial charge in [0.05, 0.1) is 11.4 Å². The third-order valence-electron chi connectivity index (χ3n) is 2.35. The zero-order valence-corrected chi connectivity index (χ0v) is 8.86. The van der Waals surface area contributed by atoms with Crippen molar-refractivity contribution < 1.29 is 0 Å². The van der Waals surface area contributed by atoms with E-state index in [1.807, 2.05) is 13.8 Å². The Morgan fingerprint density at radius 2 is 1.67 bits per heavy atom. The van der Waals surface area contributed by atoms with Crippen molar-refractivity contribution in [2.45, 2.75) is 26.7 Å². The molecule has 0 fully saturated rings. The second-order valence-electron chi connectivity index (χ2n) is 3.30. The number of hydrogen-bond acceptors (Lipinski definition) is 5. The minimum Gasteiger partial charge on any atom is -0.368 e. The fraction of sp³-hybridized carbons (Fsp3) is 0.444. The molecule has 6 nitrogen and oxygen atoms in total. The van der Waals surface area contributed by atoms with Crippen molar-refractivity contribution in [3.63, 3.8) is 0 Å². The van der Waals surface area contributed by atoms with Gasteiger partial charge >= 0.3 is 0 Å². The lowest BCUT2D eigenvalue weighted by molar-refractivity contribution is 0.881. The van der Waals surface area contributed by atoms with Crippen molar-refractivity contribution >= 4 is 17.4 Å². The van der Waals surface area contributed by atoms with E-state index in [2.05, 4.69) is 15.1 Å². The molecule has 2 aromatic rings. The number of nitrogens with two attached hydrogens (primary N) is 2. The lowest BCUT2D eigenvalue weighted by Crippen LogP contribution is -2.07. The molecular weight excluding hydrogens is 192 g/mol. The summed E-state index contributed by atoms with van der Waals surface area (Å²) in [7, 11) is 0. The average molecular weight is 206 g/mol. The van der Waals surface area contributed by atoms with Crippen LogP contribution in [0.1, 0.15) is 25.2 Å². The van der Waals surface area contributed by atoms with Crippen molar-refractivity contribution in [3.05, 3.63) is 11.4 Å². The second kappa shape index (κ2) is 3.38. The second-order valence-corrected chi connectivity index (χ2v) is 3.30. The van der Waals surface area contributed by atoms with Crippen LogP contribution in [0.3, 0.4) is 0 Å². The van der Waals surface area contributed by atoms with Gasteiger partial charge in [-0.2, -0.15) is 4.52 Å².